The molecule has 0 radical (unpaired) electrons. The third-order valence-electron chi connectivity index (χ3n) is 3.10. The molecule has 116 valence electrons. The SMILES string of the molecule is CC(C)CC(CN)CC(=O)Nc1ccc(C(=O)O)cc1F. The highest BCUT2D eigenvalue weighted by molar-refractivity contribution is 5.92. The third kappa shape index (κ3) is 5.51. The fraction of sp³-hybridized carbons (Fsp3) is 0.467. The van der Waals surface area contributed by atoms with E-state index in [9.17, 15) is 14.0 Å². The quantitative estimate of drug-likeness (QED) is 0.720. The van der Waals surface area contributed by atoms with Gasteiger partial charge >= 0.3 is 5.97 Å². The number of aromatic carboxylic acids is 1. The summed E-state index contributed by atoms with van der Waals surface area (Å²) in [6, 6.07) is 3.37. The molecule has 1 amide bonds. The molecule has 4 N–H and O–H groups in total. The second-order valence-corrected chi connectivity index (χ2v) is 5.48. The van der Waals surface area contributed by atoms with E-state index in [4.69, 9.17) is 10.8 Å². The lowest BCUT2D eigenvalue weighted by atomic mass is 9.94. The molecule has 21 heavy (non-hydrogen) atoms. The van der Waals surface area contributed by atoms with Crippen molar-refractivity contribution in [3.63, 3.8) is 0 Å². The smallest absolute Gasteiger partial charge is 0.335 e. The molecular formula is C15H21FN2O3. The number of nitrogens with two attached hydrogens (primary N) is 1. The summed E-state index contributed by atoms with van der Waals surface area (Å²) < 4.78 is 13.7. The number of carboxylic acid groups (broad SMARTS) is 1. The van der Waals surface area contributed by atoms with Gasteiger partial charge in [0.25, 0.3) is 0 Å². The normalized spacial score (nSPS) is 12.2. The summed E-state index contributed by atoms with van der Waals surface area (Å²) in [5.74, 6) is -1.83. The summed E-state index contributed by atoms with van der Waals surface area (Å²) in [5, 5.41) is 11.2. The lowest BCUT2D eigenvalue weighted by Gasteiger charge is -2.16. The van der Waals surface area contributed by atoms with Gasteiger partial charge in [-0.05, 0) is 43.0 Å². The predicted octanol–water partition coefficient (Wildman–Crippen LogP) is 2.47. The van der Waals surface area contributed by atoms with E-state index in [1.165, 1.54) is 12.1 Å². The summed E-state index contributed by atoms with van der Waals surface area (Å²) >= 11 is 0. The molecule has 0 fully saturated rings. The van der Waals surface area contributed by atoms with Gasteiger partial charge < -0.3 is 16.2 Å². The highest BCUT2D eigenvalue weighted by atomic mass is 19.1. The number of carbonyl (C=O) groups excluding carboxylic acids is 1. The number of hydrogen-bond acceptors (Lipinski definition) is 3. The number of benzene rings is 1. The van der Waals surface area contributed by atoms with Crippen LogP contribution in [0.4, 0.5) is 10.1 Å². The molecule has 0 aliphatic carbocycles. The zero-order chi connectivity index (χ0) is 16.0. The average molecular weight is 296 g/mol. The minimum Gasteiger partial charge on any atom is -0.478 e. The second-order valence-electron chi connectivity index (χ2n) is 5.48. The van der Waals surface area contributed by atoms with Crippen LogP contribution in [0.2, 0.25) is 0 Å². The molecule has 0 saturated carbocycles. The second kappa shape index (κ2) is 7.73. The number of carbonyl (C=O) groups is 2. The maximum absolute atomic E-state index is 13.7. The van der Waals surface area contributed by atoms with Crippen LogP contribution in [-0.2, 0) is 4.79 Å². The highest BCUT2D eigenvalue weighted by Crippen LogP contribution is 2.18. The fourth-order valence-corrected chi connectivity index (χ4v) is 2.14. The van der Waals surface area contributed by atoms with Gasteiger partial charge in [-0.2, -0.15) is 0 Å². The highest BCUT2D eigenvalue weighted by Gasteiger charge is 2.16. The van der Waals surface area contributed by atoms with Crippen molar-refractivity contribution in [3.05, 3.63) is 29.6 Å². The Kier molecular flexibility index (Phi) is 6.30. The van der Waals surface area contributed by atoms with E-state index in [2.05, 4.69) is 5.32 Å². The molecule has 0 heterocycles. The van der Waals surface area contributed by atoms with Crippen molar-refractivity contribution in [1.29, 1.82) is 0 Å². The Morgan fingerprint density at radius 2 is 2.05 bits per heavy atom. The number of nitrogens with one attached hydrogen (secondary N) is 1. The summed E-state index contributed by atoms with van der Waals surface area (Å²) in [6.07, 6.45) is 1.04. The van der Waals surface area contributed by atoms with Gasteiger partial charge in [0.2, 0.25) is 5.91 Å². The van der Waals surface area contributed by atoms with Crippen LogP contribution < -0.4 is 11.1 Å². The van der Waals surface area contributed by atoms with Crippen LogP contribution in [-0.4, -0.2) is 23.5 Å². The van der Waals surface area contributed by atoms with Crippen LogP contribution in [0.3, 0.4) is 0 Å². The Bertz CT molecular complexity index is 518. The first-order valence-electron chi connectivity index (χ1n) is 6.86. The maximum atomic E-state index is 13.7. The van der Waals surface area contributed by atoms with Gasteiger partial charge in [0, 0.05) is 6.42 Å². The van der Waals surface area contributed by atoms with Gasteiger partial charge in [-0.1, -0.05) is 13.8 Å². The first-order valence-corrected chi connectivity index (χ1v) is 6.86. The van der Waals surface area contributed by atoms with Gasteiger partial charge in [-0.15, -0.1) is 0 Å². The summed E-state index contributed by atoms with van der Waals surface area (Å²) in [4.78, 5) is 22.6. The Hall–Kier alpha value is -1.95. The van der Waals surface area contributed by atoms with Crippen LogP contribution in [0, 0.1) is 17.7 Å². The molecule has 0 aliphatic rings. The van der Waals surface area contributed by atoms with E-state index >= 15 is 0 Å². The summed E-state index contributed by atoms with van der Waals surface area (Å²) in [6.45, 7) is 4.49. The lowest BCUT2D eigenvalue weighted by molar-refractivity contribution is -0.117. The third-order valence-corrected chi connectivity index (χ3v) is 3.10. The zero-order valence-corrected chi connectivity index (χ0v) is 12.2. The van der Waals surface area contributed by atoms with E-state index < -0.39 is 11.8 Å². The van der Waals surface area contributed by atoms with Crippen LogP contribution in [0.25, 0.3) is 0 Å². The Labute approximate surface area is 123 Å². The predicted molar refractivity (Wildman–Crippen MR) is 78.6 cm³/mol. The van der Waals surface area contributed by atoms with Crippen molar-refractivity contribution in [3.8, 4) is 0 Å². The molecule has 0 bridgehead atoms. The molecule has 1 aromatic rings. The van der Waals surface area contributed by atoms with Gasteiger partial charge in [0.15, 0.2) is 0 Å². The van der Waals surface area contributed by atoms with E-state index in [-0.39, 0.29) is 29.5 Å². The minimum absolute atomic E-state index is 0.0229. The van der Waals surface area contributed by atoms with Crippen molar-refractivity contribution in [2.45, 2.75) is 26.7 Å². The van der Waals surface area contributed by atoms with Gasteiger partial charge in [-0.25, -0.2) is 9.18 Å². The van der Waals surface area contributed by atoms with Crippen LogP contribution >= 0.6 is 0 Å². The first-order chi connectivity index (χ1) is 9.83. The van der Waals surface area contributed by atoms with Crippen LogP contribution in [0.1, 0.15) is 37.0 Å². The van der Waals surface area contributed by atoms with Gasteiger partial charge in [0.1, 0.15) is 5.82 Å². The summed E-state index contributed by atoms with van der Waals surface area (Å²) in [5.41, 5.74) is 5.44. The van der Waals surface area contributed by atoms with Crippen molar-refractivity contribution in [2.75, 3.05) is 11.9 Å². The van der Waals surface area contributed by atoms with Crippen molar-refractivity contribution >= 4 is 17.6 Å². The van der Waals surface area contributed by atoms with Crippen LogP contribution in [0.15, 0.2) is 18.2 Å². The van der Waals surface area contributed by atoms with Crippen LogP contribution in [0.5, 0.6) is 0 Å². The van der Waals surface area contributed by atoms with Crippen molar-refractivity contribution in [1.82, 2.24) is 0 Å². The molecule has 0 aliphatic heterocycles. The Morgan fingerprint density at radius 3 is 2.52 bits per heavy atom. The Morgan fingerprint density at radius 1 is 1.38 bits per heavy atom. The fourth-order valence-electron chi connectivity index (χ4n) is 2.14. The summed E-state index contributed by atoms with van der Waals surface area (Å²) in [7, 11) is 0. The van der Waals surface area contributed by atoms with Crippen molar-refractivity contribution < 1.29 is 19.1 Å². The molecule has 1 aromatic carbocycles. The zero-order valence-electron chi connectivity index (χ0n) is 12.2. The molecule has 0 spiro atoms. The molecule has 6 heteroatoms. The maximum Gasteiger partial charge on any atom is 0.335 e. The molecule has 0 saturated heterocycles. The monoisotopic (exact) mass is 296 g/mol. The number of amides is 1. The van der Waals surface area contributed by atoms with Gasteiger partial charge in [-0.3, -0.25) is 4.79 Å². The van der Waals surface area contributed by atoms with E-state index in [1.54, 1.807) is 0 Å². The molecule has 0 aromatic heterocycles. The standard InChI is InChI=1S/C15H21FN2O3/c1-9(2)5-10(8-17)6-14(19)18-13-4-3-11(15(20)21)7-12(13)16/h3-4,7,9-10H,5-6,8,17H2,1-2H3,(H,18,19)(H,20,21). The number of carboxylic acids is 1. The number of anilines is 1. The lowest BCUT2D eigenvalue weighted by Crippen LogP contribution is -2.23. The molecule has 1 rings (SSSR count). The topological polar surface area (TPSA) is 92.4 Å². The van der Waals surface area contributed by atoms with E-state index in [0.717, 1.165) is 12.5 Å². The number of rotatable bonds is 7. The van der Waals surface area contributed by atoms with Gasteiger partial charge in [0.05, 0.1) is 11.3 Å². The van der Waals surface area contributed by atoms with E-state index in [1.807, 2.05) is 13.8 Å². The van der Waals surface area contributed by atoms with Crippen molar-refractivity contribution in [2.24, 2.45) is 17.6 Å². The minimum atomic E-state index is -1.22. The molecular weight excluding hydrogens is 275 g/mol. The first kappa shape index (κ1) is 17.1. The average Bonchev–Trinajstić information content (AvgIpc) is 2.39. The number of hydrogen-bond donors (Lipinski definition) is 3. The van der Waals surface area contributed by atoms with E-state index in [0.29, 0.717) is 12.5 Å². The largest absolute Gasteiger partial charge is 0.478 e. The molecule has 1 atom stereocenters. The number of halogens is 1. The molecule has 5 nitrogen and oxygen atoms in total. The molecule has 1 unspecified atom stereocenters. The Balaban J connectivity index is 2.68.